The van der Waals surface area contributed by atoms with Crippen LogP contribution in [0.2, 0.25) is 0 Å². The second-order valence-corrected chi connectivity index (χ2v) is 7.18. The van der Waals surface area contributed by atoms with Crippen molar-refractivity contribution in [3.05, 3.63) is 21.9 Å². The summed E-state index contributed by atoms with van der Waals surface area (Å²) in [6, 6.07) is 4.42. The zero-order valence-electron chi connectivity index (χ0n) is 13.2. The summed E-state index contributed by atoms with van der Waals surface area (Å²) in [5.41, 5.74) is 0.0276. The molecule has 1 unspecified atom stereocenters. The summed E-state index contributed by atoms with van der Waals surface area (Å²) in [5.74, 6) is 0. The highest BCUT2D eigenvalue weighted by molar-refractivity contribution is 7.11. The Morgan fingerprint density at radius 1 is 1.15 bits per heavy atom. The van der Waals surface area contributed by atoms with Crippen molar-refractivity contribution in [2.75, 3.05) is 13.1 Å². The second-order valence-electron chi connectivity index (χ2n) is 5.92. The van der Waals surface area contributed by atoms with Crippen LogP contribution in [-0.4, -0.2) is 34.7 Å². The van der Waals surface area contributed by atoms with Crippen molar-refractivity contribution in [1.29, 1.82) is 0 Å². The molecule has 0 saturated heterocycles. The first-order chi connectivity index (χ1) is 9.66. The first-order valence-corrected chi connectivity index (χ1v) is 8.98. The Balaban J connectivity index is 2.12. The molecule has 20 heavy (non-hydrogen) atoms. The van der Waals surface area contributed by atoms with Crippen molar-refractivity contribution in [1.82, 2.24) is 4.90 Å². The van der Waals surface area contributed by atoms with E-state index in [1.165, 1.54) is 22.6 Å². The van der Waals surface area contributed by atoms with Gasteiger partial charge in [-0.05, 0) is 44.5 Å². The lowest BCUT2D eigenvalue weighted by Gasteiger charge is -2.44. The molecule has 114 valence electrons. The first-order valence-electron chi connectivity index (χ1n) is 8.17. The lowest BCUT2D eigenvalue weighted by Crippen LogP contribution is -2.55. The number of nitrogens with zero attached hydrogens (tertiary/aromatic N) is 1. The third kappa shape index (κ3) is 3.10. The van der Waals surface area contributed by atoms with Crippen molar-refractivity contribution in [3.8, 4) is 0 Å². The number of hydrogen-bond donors (Lipinski definition) is 1. The normalized spacial score (nSPS) is 19.6. The Morgan fingerprint density at radius 2 is 1.75 bits per heavy atom. The summed E-state index contributed by atoms with van der Waals surface area (Å²) in [5, 5.41) is 10.9. The van der Waals surface area contributed by atoms with Gasteiger partial charge in [0.1, 0.15) is 0 Å². The van der Waals surface area contributed by atoms with Gasteiger partial charge in [0.25, 0.3) is 0 Å². The summed E-state index contributed by atoms with van der Waals surface area (Å²) in [6.07, 6.45) is 6.52. The van der Waals surface area contributed by atoms with E-state index in [1.54, 1.807) is 0 Å². The van der Waals surface area contributed by atoms with E-state index in [9.17, 15) is 5.11 Å². The van der Waals surface area contributed by atoms with Gasteiger partial charge in [-0.25, -0.2) is 0 Å². The molecular formula is C17H29NOS. The molecular weight excluding hydrogens is 266 g/mol. The molecule has 0 amide bonds. The van der Waals surface area contributed by atoms with Crippen molar-refractivity contribution in [2.24, 2.45) is 0 Å². The summed E-state index contributed by atoms with van der Waals surface area (Å²) in [6.45, 7) is 8.71. The summed E-state index contributed by atoms with van der Waals surface area (Å²) < 4.78 is 0. The molecule has 1 aliphatic rings. The molecule has 1 saturated carbocycles. The molecule has 1 fully saturated rings. The Hall–Kier alpha value is -0.380. The number of aliphatic hydroxyl groups is 1. The number of likely N-dealkylation sites (N-methyl/N-ethyl adjacent to an activating group) is 1. The van der Waals surface area contributed by atoms with Crippen molar-refractivity contribution in [2.45, 2.75) is 70.9 Å². The van der Waals surface area contributed by atoms with Crippen LogP contribution in [0.5, 0.6) is 0 Å². The second kappa shape index (κ2) is 7.06. The number of hydrogen-bond acceptors (Lipinski definition) is 3. The Morgan fingerprint density at radius 3 is 2.25 bits per heavy atom. The summed E-state index contributed by atoms with van der Waals surface area (Å²) >= 11 is 1.87. The molecule has 1 aliphatic carbocycles. The highest BCUT2D eigenvalue weighted by Gasteiger charge is 2.44. The van der Waals surface area contributed by atoms with Crippen molar-refractivity contribution < 1.29 is 5.11 Å². The number of rotatable bonds is 7. The Kier molecular flexibility index (Phi) is 5.65. The van der Waals surface area contributed by atoms with Gasteiger partial charge in [0.05, 0.1) is 6.10 Å². The fraction of sp³-hybridized carbons (Fsp3) is 0.765. The Labute approximate surface area is 127 Å². The zero-order chi connectivity index (χ0) is 14.6. The smallest absolute Gasteiger partial charge is 0.0771 e. The minimum atomic E-state index is -0.228. The molecule has 0 spiro atoms. The predicted octanol–water partition coefficient (Wildman–Crippen LogP) is 3.87. The number of thiophene rings is 1. The van der Waals surface area contributed by atoms with Gasteiger partial charge in [-0.3, -0.25) is 4.90 Å². The van der Waals surface area contributed by atoms with Gasteiger partial charge >= 0.3 is 0 Å². The largest absolute Gasteiger partial charge is 0.391 e. The van der Waals surface area contributed by atoms with Crippen LogP contribution in [0, 0.1) is 0 Å². The molecule has 2 rings (SSSR count). The monoisotopic (exact) mass is 295 g/mol. The van der Waals surface area contributed by atoms with Crippen molar-refractivity contribution in [3.63, 3.8) is 0 Å². The highest BCUT2D eigenvalue weighted by Crippen LogP contribution is 2.39. The maximum atomic E-state index is 10.9. The fourth-order valence-corrected chi connectivity index (χ4v) is 4.80. The standard InChI is InChI=1S/C17H29NOS/c1-4-14-9-10-15(20-14)13-16(19)17(11-7-8-12-17)18(5-2)6-3/h9-10,16,19H,4-8,11-13H2,1-3H3. The van der Waals surface area contributed by atoms with Crippen LogP contribution in [0.4, 0.5) is 0 Å². The van der Waals surface area contributed by atoms with Crippen LogP contribution in [0.15, 0.2) is 12.1 Å². The predicted molar refractivity (Wildman–Crippen MR) is 87.5 cm³/mol. The fourth-order valence-electron chi connectivity index (χ4n) is 3.80. The van der Waals surface area contributed by atoms with E-state index >= 15 is 0 Å². The van der Waals surface area contributed by atoms with E-state index in [1.807, 2.05) is 11.3 Å². The van der Waals surface area contributed by atoms with Crippen LogP contribution in [-0.2, 0) is 12.8 Å². The molecule has 0 radical (unpaired) electrons. The van der Waals surface area contributed by atoms with Gasteiger partial charge < -0.3 is 5.11 Å². The molecule has 1 atom stereocenters. The third-order valence-electron chi connectivity index (χ3n) is 4.94. The quantitative estimate of drug-likeness (QED) is 0.825. The summed E-state index contributed by atoms with van der Waals surface area (Å²) in [7, 11) is 0. The molecule has 1 aromatic rings. The van der Waals surface area contributed by atoms with Gasteiger partial charge in [-0.2, -0.15) is 0 Å². The van der Waals surface area contributed by atoms with E-state index in [0.717, 1.165) is 38.8 Å². The number of aryl methyl sites for hydroxylation is 1. The first kappa shape index (κ1) is 16.0. The molecule has 3 heteroatoms. The van der Waals surface area contributed by atoms with E-state index < -0.39 is 0 Å². The van der Waals surface area contributed by atoms with Gasteiger partial charge in [-0.15, -0.1) is 11.3 Å². The Bertz CT molecular complexity index is 405. The van der Waals surface area contributed by atoms with Crippen molar-refractivity contribution >= 4 is 11.3 Å². The van der Waals surface area contributed by atoms with E-state index in [-0.39, 0.29) is 11.6 Å². The van der Waals surface area contributed by atoms with E-state index in [0.29, 0.717) is 0 Å². The number of aliphatic hydroxyl groups excluding tert-OH is 1. The van der Waals surface area contributed by atoms with Gasteiger partial charge in [0.2, 0.25) is 0 Å². The molecule has 1 heterocycles. The van der Waals surface area contributed by atoms with Gasteiger partial charge in [0.15, 0.2) is 0 Å². The minimum absolute atomic E-state index is 0.0276. The van der Waals surface area contributed by atoms with Crippen LogP contribution < -0.4 is 0 Å². The van der Waals surface area contributed by atoms with Crippen LogP contribution >= 0.6 is 11.3 Å². The van der Waals surface area contributed by atoms with E-state index in [4.69, 9.17) is 0 Å². The lowest BCUT2D eigenvalue weighted by molar-refractivity contribution is -0.0240. The average molecular weight is 295 g/mol. The SMILES string of the molecule is CCc1ccc(CC(O)C2(N(CC)CC)CCCC2)s1. The molecule has 0 bridgehead atoms. The molecule has 0 aliphatic heterocycles. The molecule has 0 aromatic carbocycles. The minimum Gasteiger partial charge on any atom is -0.391 e. The average Bonchev–Trinajstić information content (AvgIpc) is 3.10. The van der Waals surface area contributed by atoms with Gasteiger partial charge in [0, 0.05) is 21.7 Å². The molecule has 1 aromatic heterocycles. The zero-order valence-corrected chi connectivity index (χ0v) is 14.0. The van der Waals surface area contributed by atoms with Gasteiger partial charge in [-0.1, -0.05) is 33.6 Å². The van der Waals surface area contributed by atoms with Crippen LogP contribution in [0.3, 0.4) is 0 Å². The summed E-state index contributed by atoms with van der Waals surface area (Å²) in [4.78, 5) is 5.27. The van der Waals surface area contributed by atoms with Crippen LogP contribution in [0.1, 0.15) is 56.2 Å². The highest BCUT2D eigenvalue weighted by atomic mass is 32.1. The molecule has 2 nitrogen and oxygen atoms in total. The topological polar surface area (TPSA) is 23.5 Å². The van der Waals surface area contributed by atoms with Crippen LogP contribution in [0.25, 0.3) is 0 Å². The maximum absolute atomic E-state index is 10.9. The third-order valence-corrected chi connectivity index (χ3v) is 6.20. The lowest BCUT2D eigenvalue weighted by atomic mass is 9.86. The maximum Gasteiger partial charge on any atom is 0.0771 e. The van der Waals surface area contributed by atoms with E-state index in [2.05, 4.69) is 37.8 Å². The molecule has 1 N–H and O–H groups in total.